The van der Waals surface area contributed by atoms with Crippen LogP contribution in [0.2, 0.25) is 0 Å². The summed E-state index contributed by atoms with van der Waals surface area (Å²) in [4.78, 5) is 14.8. The van der Waals surface area contributed by atoms with Crippen LogP contribution in [0, 0.1) is 5.82 Å². The van der Waals surface area contributed by atoms with Gasteiger partial charge < -0.3 is 4.90 Å². The Hall–Kier alpha value is -1.81. The number of unbranched alkanes of at least 4 members (excludes halogenated alkanes) is 2. The van der Waals surface area contributed by atoms with Crippen molar-refractivity contribution in [2.75, 3.05) is 12.3 Å². The normalized spacial score (nSPS) is 17.0. The molecular formula is C21H24FNOS. The number of rotatable bonds is 6. The summed E-state index contributed by atoms with van der Waals surface area (Å²) in [5.41, 5.74) is 3.00. The van der Waals surface area contributed by atoms with Gasteiger partial charge >= 0.3 is 0 Å². The zero-order valence-corrected chi connectivity index (χ0v) is 15.4. The summed E-state index contributed by atoms with van der Waals surface area (Å²) >= 11 is 1.73. The first kappa shape index (κ1) is 18.0. The molecule has 3 rings (SSSR count). The summed E-state index contributed by atoms with van der Waals surface area (Å²) < 4.78 is 13.2. The molecule has 1 saturated heterocycles. The molecule has 2 aromatic carbocycles. The lowest BCUT2D eigenvalue weighted by atomic mass is 10.0. The number of nitrogens with zero attached hydrogens (tertiary/aromatic N) is 1. The molecule has 0 radical (unpaired) electrons. The van der Waals surface area contributed by atoms with Crippen molar-refractivity contribution >= 4 is 17.7 Å². The van der Waals surface area contributed by atoms with Crippen LogP contribution in [0.25, 0.3) is 0 Å². The first-order valence-corrected chi connectivity index (χ1v) is 10.0. The zero-order chi connectivity index (χ0) is 17.6. The SMILES string of the molecule is CCCCCc1ccc(C(=O)N2CCSC2c2ccc(F)cc2)cc1. The average molecular weight is 357 g/mol. The summed E-state index contributed by atoms with van der Waals surface area (Å²) in [6.45, 7) is 2.93. The Kier molecular flexibility index (Phi) is 6.14. The highest BCUT2D eigenvalue weighted by atomic mass is 32.2. The van der Waals surface area contributed by atoms with Crippen LogP contribution in [-0.2, 0) is 6.42 Å². The quantitative estimate of drug-likeness (QED) is 0.641. The Morgan fingerprint density at radius 1 is 1.12 bits per heavy atom. The predicted octanol–water partition coefficient (Wildman–Crippen LogP) is 5.45. The third-order valence-corrected chi connectivity index (χ3v) is 5.84. The number of hydrogen-bond acceptors (Lipinski definition) is 2. The van der Waals surface area contributed by atoms with Crippen LogP contribution in [0.5, 0.6) is 0 Å². The monoisotopic (exact) mass is 357 g/mol. The fourth-order valence-corrected chi connectivity index (χ4v) is 4.40. The van der Waals surface area contributed by atoms with Crippen molar-refractivity contribution in [3.63, 3.8) is 0 Å². The standard InChI is InChI=1S/C21H24FNOS/c1-2-3-4-5-16-6-8-17(9-7-16)20(24)23-14-15-25-21(23)18-10-12-19(22)13-11-18/h6-13,21H,2-5,14-15H2,1H3. The maximum Gasteiger partial charge on any atom is 0.255 e. The molecule has 132 valence electrons. The summed E-state index contributed by atoms with van der Waals surface area (Å²) in [6, 6.07) is 14.5. The lowest BCUT2D eigenvalue weighted by Gasteiger charge is -2.24. The molecule has 1 aliphatic heterocycles. The molecule has 1 atom stereocenters. The van der Waals surface area contributed by atoms with E-state index < -0.39 is 0 Å². The van der Waals surface area contributed by atoms with E-state index >= 15 is 0 Å². The third-order valence-electron chi connectivity index (χ3n) is 4.58. The smallest absolute Gasteiger partial charge is 0.255 e. The van der Waals surface area contributed by atoms with Gasteiger partial charge in [-0.3, -0.25) is 4.79 Å². The molecule has 0 spiro atoms. The van der Waals surface area contributed by atoms with E-state index in [0.717, 1.165) is 29.8 Å². The van der Waals surface area contributed by atoms with Gasteiger partial charge in [-0.25, -0.2) is 4.39 Å². The van der Waals surface area contributed by atoms with Crippen molar-refractivity contribution in [2.24, 2.45) is 0 Å². The first-order valence-electron chi connectivity index (χ1n) is 8.96. The fourth-order valence-electron chi connectivity index (χ4n) is 3.14. The summed E-state index contributed by atoms with van der Waals surface area (Å²) in [6.07, 6.45) is 4.72. The van der Waals surface area contributed by atoms with Gasteiger partial charge in [-0.2, -0.15) is 0 Å². The first-order chi connectivity index (χ1) is 12.2. The van der Waals surface area contributed by atoms with Gasteiger partial charge in [0.2, 0.25) is 0 Å². The molecule has 1 heterocycles. The molecule has 4 heteroatoms. The second kappa shape index (κ2) is 8.52. The molecule has 2 aromatic rings. The van der Waals surface area contributed by atoms with Crippen LogP contribution in [0.4, 0.5) is 4.39 Å². The van der Waals surface area contributed by atoms with Crippen LogP contribution in [0.1, 0.15) is 53.0 Å². The van der Waals surface area contributed by atoms with Crippen molar-refractivity contribution in [1.82, 2.24) is 4.90 Å². The largest absolute Gasteiger partial charge is 0.322 e. The number of halogens is 1. The number of carbonyl (C=O) groups is 1. The predicted molar refractivity (Wildman–Crippen MR) is 102 cm³/mol. The third kappa shape index (κ3) is 4.43. The Morgan fingerprint density at radius 3 is 2.52 bits per heavy atom. The van der Waals surface area contributed by atoms with Gasteiger partial charge in [-0.1, -0.05) is 44.0 Å². The molecule has 2 nitrogen and oxygen atoms in total. The molecule has 1 fully saturated rings. The van der Waals surface area contributed by atoms with Crippen molar-refractivity contribution < 1.29 is 9.18 Å². The minimum atomic E-state index is -0.247. The molecule has 0 bridgehead atoms. The number of thioether (sulfide) groups is 1. The average Bonchev–Trinajstić information content (AvgIpc) is 3.12. The second-order valence-electron chi connectivity index (χ2n) is 6.43. The molecule has 0 aromatic heterocycles. The Labute approximate surface area is 153 Å². The summed E-state index contributed by atoms with van der Waals surface area (Å²) in [5, 5.41) is -0.0302. The molecule has 0 N–H and O–H groups in total. The number of aryl methyl sites for hydroxylation is 1. The summed E-state index contributed by atoms with van der Waals surface area (Å²) in [7, 11) is 0. The van der Waals surface area contributed by atoms with Gasteiger partial charge in [0.25, 0.3) is 5.91 Å². The maximum absolute atomic E-state index is 13.2. The molecular weight excluding hydrogens is 333 g/mol. The molecule has 25 heavy (non-hydrogen) atoms. The van der Waals surface area contributed by atoms with Crippen LogP contribution in [0.15, 0.2) is 48.5 Å². The van der Waals surface area contributed by atoms with Crippen LogP contribution in [-0.4, -0.2) is 23.1 Å². The van der Waals surface area contributed by atoms with Crippen molar-refractivity contribution in [3.8, 4) is 0 Å². The lowest BCUT2D eigenvalue weighted by molar-refractivity contribution is 0.0760. The minimum absolute atomic E-state index is 0.0302. The van der Waals surface area contributed by atoms with E-state index in [4.69, 9.17) is 0 Å². The molecule has 1 unspecified atom stereocenters. The van der Waals surface area contributed by atoms with Crippen molar-refractivity contribution in [3.05, 3.63) is 71.0 Å². The molecule has 1 aliphatic rings. The number of carbonyl (C=O) groups excluding carboxylic acids is 1. The van der Waals surface area contributed by atoms with Gasteiger partial charge in [0.1, 0.15) is 11.2 Å². The van der Waals surface area contributed by atoms with Crippen LogP contribution in [0.3, 0.4) is 0 Å². The second-order valence-corrected chi connectivity index (χ2v) is 7.62. The van der Waals surface area contributed by atoms with E-state index in [2.05, 4.69) is 19.1 Å². The zero-order valence-electron chi connectivity index (χ0n) is 14.6. The van der Waals surface area contributed by atoms with Gasteiger partial charge in [-0.05, 0) is 48.2 Å². The van der Waals surface area contributed by atoms with E-state index in [0.29, 0.717) is 0 Å². The molecule has 0 aliphatic carbocycles. The topological polar surface area (TPSA) is 20.3 Å². The van der Waals surface area contributed by atoms with Gasteiger partial charge in [0, 0.05) is 17.9 Å². The van der Waals surface area contributed by atoms with Gasteiger partial charge in [-0.15, -0.1) is 11.8 Å². The highest BCUT2D eigenvalue weighted by Crippen LogP contribution is 2.38. The van der Waals surface area contributed by atoms with E-state index in [1.165, 1.54) is 37.0 Å². The number of amides is 1. The van der Waals surface area contributed by atoms with Crippen molar-refractivity contribution in [1.29, 1.82) is 0 Å². The Bertz CT molecular complexity index is 699. The highest BCUT2D eigenvalue weighted by molar-refractivity contribution is 7.99. The van der Waals surface area contributed by atoms with Gasteiger partial charge in [0.05, 0.1) is 0 Å². The van der Waals surface area contributed by atoms with E-state index in [9.17, 15) is 9.18 Å². The van der Waals surface area contributed by atoms with E-state index in [1.807, 2.05) is 17.0 Å². The minimum Gasteiger partial charge on any atom is -0.322 e. The van der Waals surface area contributed by atoms with Crippen molar-refractivity contribution in [2.45, 2.75) is 38.0 Å². The van der Waals surface area contributed by atoms with Gasteiger partial charge in [0.15, 0.2) is 0 Å². The molecule has 1 amide bonds. The highest BCUT2D eigenvalue weighted by Gasteiger charge is 2.31. The number of benzene rings is 2. The maximum atomic E-state index is 13.2. The number of hydrogen-bond donors (Lipinski definition) is 0. The summed E-state index contributed by atoms with van der Waals surface area (Å²) in [5.74, 6) is 0.714. The Balaban J connectivity index is 1.69. The van der Waals surface area contributed by atoms with E-state index in [-0.39, 0.29) is 17.1 Å². The van der Waals surface area contributed by atoms with E-state index in [1.54, 1.807) is 23.9 Å². The molecule has 0 saturated carbocycles. The lowest BCUT2D eigenvalue weighted by Crippen LogP contribution is -2.30. The Morgan fingerprint density at radius 2 is 1.84 bits per heavy atom. The fraction of sp³-hybridized carbons (Fsp3) is 0.381. The van der Waals surface area contributed by atoms with Crippen LogP contribution < -0.4 is 0 Å². The van der Waals surface area contributed by atoms with Crippen LogP contribution >= 0.6 is 11.8 Å².